The van der Waals surface area contributed by atoms with Crippen molar-refractivity contribution in [1.29, 1.82) is 0 Å². The lowest BCUT2D eigenvalue weighted by atomic mass is 10.2. The van der Waals surface area contributed by atoms with Gasteiger partial charge >= 0.3 is 11.6 Å². The fourth-order valence-corrected chi connectivity index (χ4v) is 2.06. The molecule has 0 spiro atoms. The zero-order chi connectivity index (χ0) is 16.2. The first-order valence-corrected chi connectivity index (χ1v) is 6.84. The fraction of sp³-hybridized carbons (Fsp3) is 0. The number of para-hydroxylation sites is 1. The molecule has 0 radical (unpaired) electrons. The second-order valence-electron chi connectivity index (χ2n) is 4.77. The van der Waals surface area contributed by atoms with Crippen LogP contribution < -0.4 is 10.4 Å². The van der Waals surface area contributed by atoms with Crippen LogP contribution >= 0.6 is 0 Å². The van der Waals surface area contributed by atoms with Crippen molar-refractivity contribution in [2.75, 3.05) is 0 Å². The molecule has 0 saturated heterocycles. The predicted octanol–water partition coefficient (Wildman–Crippen LogP) is 3.12. The van der Waals surface area contributed by atoms with Crippen LogP contribution in [0.3, 0.4) is 0 Å². The van der Waals surface area contributed by atoms with Crippen LogP contribution in [0.15, 0.2) is 69.9 Å². The van der Waals surface area contributed by atoms with Crippen molar-refractivity contribution in [3.8, 4) is 11.5 Å². The largest absolute Gasteiger partial charge is 0.508 e. The van der Waals surface area contributed by atoms with Crippen LogP contribution in [0.4, 0.5) is 0 Å². The minimum absolute atomic E-state index is 0.146. The molecule has 0 amide bonds. The first kappa shape index (κ1) is 14.6. The van der Waals surface area contributed by atoms with Gasteiger partial charge in [0.25, 0.3) is 0 Å². The zero-order valence-corrected chi connectivity index (χ0v) is 11.9. The Morgan fingerprint density at radius 3 is 2.61 bits per heavy atom. The third kappa shape index (κ3) is 3.47. The summed E-state index contributed by atoms with van der Waals surface area (Å²) in [6.07, 6.45) is 2.80. The second kappa shape index (κ2) is 6.19. The number of esters is 1. The van der Waals surface area contributed by atoms with Gasteiger partial charge in [-0.2, -0.15) is 0 Å². The maximum absolute atomic E-state index is 11.9. The second-order valence-corrected chi connectivity index (χ2v) is 4.77. The van der Waals surface area contributed by atoms with Gasteiger partial charge in [-0.25, -0.2) is 9.59 Å². The molecule has 2 aromatic carbocycles. The number of fused-ring (bicyclic) bond motifs is 1. The van der Waals surface area contributed by atoms with Crippen LogP contribution in [0.2, 0.25) is 0 Å². The predicted molar refractivity (Wildman–Crippen MR) is 85.3 cm³/mol. The Morgan fingerprint density at radius 1 is 1.09 bits per heavy atom. The van der Waals surface area contributed by atoms with Gasteiger partial charge in [-0.05, 0) is 35.9 Å². The first-order valence-electron chi connectivity index (χ1n) is 6.84. The standard InChI is InChI=1S/C18H12O5/c19-13-8-5-12(6-9-13)7-10-17(20)23-16-11-18(21)22-15-4-2-1-3-14(15)16/h1-11,19H. The number of ether oxygens (including phenoxy) is 1. The van der Waals surface area contributed by atoms with Gasteiger partial charge in [-0.1, -0.05) is 24.3 Å². The molecule has 0 bridgehead atoms. The number of hydrogen-bond donors (Lipinski definition) is 1. The molecule has 23 heavy (non-hydrogen) atoms. The molecule has 0 aliphatic rings. The normalized spacial score (nSPS) is 11.0. The molecule has 114 valence electrons. The van der Waals surface area contributed by atoms with Crippen molar-refractivity contribution in [2.24, 2.45) is 0 Å². The number of rotatable bonds is 3. The Bertz CT molecular complexity index is 936. The number of phenols is 1. The van der Waals surface area contributed by atoms with E-state index in [0.717, 1.165) is 11.6 Å². The highest BCUT2D eigenvalue weighted by atomic mass is 16.5. The average molecular weight is 308 g/mol. The Labute approximate surface area is 131 Å². The van der Waals surface area contributed by atoms with Crippen LogP contribution in [-0.4, -0.2) is 11.1 Å². The molecule has 5 heteroatoms. The van der Waals surface area contributed by atoms with E-state index in [4.69, 9.17) is 9.15 Å². The topological polar surface area (TPSA) is 76.7 Å². The lowest BCUT2D eigenvalue weighted by Crippen LogP contribution is -2.07. The number of carbonyl (C=O) groups is 1. The molecular weight excluding hydrogens is 296 g/mol. The maximum Gasteiger partial charge on any atom is 0.339 e. The smallest absolute Gasteiger partial charge is 0.339 e. The third-order valence-corrected chi connectivity index (χ3v) is 3.13. The van der Waals surface area contributed by atoms with E-state index in [1.165, 1.54) is 18.2 Å². The molecular formula is C18H12O5. The van der Waals surface area contributed by atoms with E-state index in [-0.39, 0.29) is 11.5 Å². The van der Waals surface area contributed by atoms with Crippen molar-refractivity contribution in [3.63, 3.8) is 0 Å². The molecule has 0 aliphatic heterocycles. The Balaban J connectivity index is 1.83. The van der Waals surface area contributed by atoms with Gasteiger partial charge in [-0.3, -0.25) is 0 Å². The average Bonchev–Trinajstić information content (AvgIpc) is 2.54. The summed E-state index contributed by atoms with van der Waals surface area (Å²) >= 11 is 0. The maximum atomic E-state index is 11.9. The number of phenolic OH excluding ortho intramolecular Hbond substituents is 1. The quantitative estimate of drug-likeness (QED) is 0.457. The number of hydrogen-bond acceptors (Lipinski definition) is 5. The van der Waals surface area contributed by atoms with E-state index in [0.29, 0.717) is 11.0 Å². The monoisotopic (exact) mass is 308 g/mol. The van der Waals surface area contributed by atoms with Crippen molar-refractivity contribution in [2.45, 2.75) is 0 Å². The number of benzene rings is 2. The Hall–Kier alpha value is -3.34. The van der Waals surface area contributed by atoms with Crippen LogP contribution in [0, 0.1) is 0 Å². The molecule has 0 fully saturated rings. The van der Waals surface area contributed by atoms with Crippen LogP contribution in [0.25, 0.3) is 17.0 Å². The SMILES string of the molecule is O=C(C=Cc1ccc(O)cc1)Oc1cc(=O)oc2ccccc12. The van der Waals surface area contributed by atoms with E-state index in [9.17, 15) is 14.7 Å². The van der Waals surface area contributed by atoms with Gasteiger partial charge in [0.15, 0.2) is 0 Å². The van der Waals surface area contributed by atoms with E-state index in [1.54, 1.807) is 42.5 Å². The molecule has 1 heterocycles. The zero-order valence-electron chi connectivity index (χ0n) is 11.9. The fourth-order valence-electron chi connectivity index (χ4n) is 2.06. The summed E-state index contributed by atoms with van der Waals surface area (Å²) in [4.78, 5) is 23.4. The minimum Gasteiger partial charge on any atom is -0.508 e. The minimum atomic E-state index is -0.617. The molecule has 3 rings (SSSR count). The number of aromatic hydroxyl groups is 1. The summed E-state index contributed by atoms with van der Waals surface area (Å²) in [5.41, 5.74) is 0.497. The highest BCUT2D eigenvalue weighted by Crippen LogP contribution is 2.23. The van der Waals surface area contributed by atoms with Gasteiger partial charge in [0, 0.05) is 6.08 Å². The first-order chi connectivity index (χ1) is 11.1. The molecule has 0 saturated carbocycles. The van der Waals surface area contributed by atoms with Crippen LogP contribution in [0.1, 0.15) is 5.56 Å². The molecule has 5 nitrogen and oxygen atoms in total. The van der Waals surface area contributed by atoms with Crippen LogP contribution in [0.5, 0.6) is 11.5 Å². The van der Waals surface area contributed by atoms with Gasteiger partial charge in [0.1, 0.15) is 17.1 Å². The van der Waals surface area contributed by atoms with E-state index < -0.39 is 11.6 Å². The van der Waals surface area contributed by atoms with Gasteiger partial charge in [0.05, 0.1) is 11.5 Å². The summed E-state index contributed by atoms with van der Waals surface area (Å²) in [7, 11) is 0. The van der Waals surface area contributed by atoms with Crippen molar-refractivity contribution >= 4 is 23.0 Å². The van der Waals surface area contributed by atoms with Gasteiger partial charge < -0.3 is 14.3 Å². The summed E-state index contributed by atoms with van der Waals surface area (Å²) < 4.78 is 10.3. The molecule has 1 aromatic heterocycles. The lowest BCUT2D eigenvalue weighted by Gasteiger charge is -2.04. The van der Waals surface area contributed by atoms with E-state index in [2.05, 4.69) is 0 Å². The number of carbonyl (C=O) groups excluding carboxylic acids is 1. The molecule has 1 N–H and O–H groups in total. The molecule has 0 atom stereocenters. The van der Waals surface area contributed by atoms with Crippen molar-refractivity contribution in [1.82, 2.24) is 0 Å². The van der Waals surface area contributed by atoms with Gasteiger partial charge in [-0.15, -0.1) is 0 Å². The summed E-state index contributed by atoms with van der Waals surface area (Å²) in [5, 5.41) is 9.74. The summed E-state index contributed by atoms with van der Waals surface area (Å²) in [6, 6.07) is 14.3. The van der Waals surface area contributed by atoms with Crippen molar-refractivity contribution < 1.29 is 19.1 Å². The van der Waals surface area contributed by atoms with Gasteiger partial charge in [0.2, 0.25) is 0 Å². The summed E-state index contributed by atoms with van der Waals surface area (Å²) in [5.74, 6) is -0.321. The highest BCUT2D eigenvalue weighted by molar-refractivity contribution is 5.92. The molecule has 0 aliphatic carbocycles. The van der Waals surface area contributed by atoms with Crippen LogP contribution in [-0.2, 0) is 4.79 Å². The highest BCUT2D eigenvalue weighted by Gasteiger charge is 2.09. The molecule has 3 aromatic rings. The van der Waals surface area contributed by atoms with E-state index in [1.807, 2.05) is 0 Å². The third-order valence-electron chi connectivity index (χ3n) is 3.13. The lowest BCUT2D eigenvalue weighted by molar-refractivity contribution is -0.128. The van der Waals surface area contributed by atoms with E-state index >= 15 is 0 Å². The Kier molecular flexibility index (Phi) is 3.93. The van der Waals surface area contributed by atoms with Crippen molar-refractivity contribution in [3.05, 3.63) is 76.7 Å². The Morgan fingerprint density at radius 2 is 1.83 bits per heavy atom. The molecule has 0 unspecified atom stereocenters. The summed E-state index contributed by atoms with van der Waals surface area (Å²) in [6.45, 7) is 0.